The van der Waals surface area contributed by atoms with Crippen molar-refractivity contribution >= 4 is 10.0 Å². The highest BCUT2D eigenvalue weighted by molar-refractivity contribution is 7.89. The predicted octanol–water partition coefficient (Wildman–Crippen LogP) is 1.68. The fourth-order valence-electron chi connectivity index (χ4n) is 1.38. The number of hydrogen-bond donors (Lipinski definition) is 2. The number of rotatable bonds is 8. The molecule has 21 heavy (non-hydrogen) atoms. The molecule has 0 spiro atoms. The summed E-state index contributed by atoms with van der Waals surface area (Å²) in [5.41, 5.74) is 0. The molecular weight excluding hydrogens is 311 g/mol. The molecule has 120 valence electrons. The van der Waals surface area contributed by atoms with Crippen LogP contribution in [0.5, 0.6) is 5.75 Å². The molecule has 0 saturated heterocycles. The van der Waals surface area contributed by atoms with Crippen LogP contribution in [-0.2, 0) is 10.0 Å². The number of hydrogen-bond acceptors (Lipinski definition) is 4. The normalized spacial score (nSPS) is 12.4. The zero-order valence-electron chi connectivity index (χ0n) is 11.1. The van der Waals surface area contributed by atoms with Crippen molar-refractivity contribution < 1.29 is 31.4 Å². The van der Waals surface area contributed by atoms with Gasteiger partial charge in [0.2, 0.25) is 10.0 Å². The zero-order chi connectivity index (χ0) is 15.9. The first-order chi connectivity index (χ1) is 9.74. The van der Waals surface area contributed by atoms with E-state index in [4.69, 9.17) is 9.84 Å². The highest BCUT2D eigenvalue weighted by Crippen LogP contribution is 2.19. The predicted molar refractivity (Wildman–Crippen MR) is 69.5 cm³/mol. The molecule has 0 unspecified atom stereocenters. The van der Waals surface area contributed by atoms with Crippen LogP contribution in [0.3, 0.4) is 0 Å². The van der Waals surface area contributed by atoms with Crippen molar-refractivity contribution in [1.29, 1.82) is 0 Å². The van der Waals surface area contributed by atoms with Crippen LogP contribution in [0.25, 0.3) is 0 Å². The Hall–Kier alpha value is -1.32. The SMILES string of the molecule is O=S(=O)(NCCC(F)(F)F)c1ccc(OCCCO)cc1. The third-order valence-electron chi connectivity index (χ3n) is 2.41. The van der Waals surface area contributed by atoms with Crippen LogP contribution in [0.15, 0.2) is 29.2 Å². The fourth-order valence-corrected chi connectivity index (χ4v) is 2.41. The van der Waals surface area contributed by atoms with Crippen LogP contribution in [-0.4, -0.2) is 39.5 Å². The molecular formula is C12H16F3NO4S. The molecule has 5 nitrogen and oxygen atoms in total. The monoisotopic (exact) mass is 327 g/mol. The summed E-state index contributed by atoms with van der Waals surface area (Å²) in [5, 5.41) is 8.59. The Morgan fingerprint density at radius 2 is 1.81 bits per heavy atom. The van der Waals surface area contributed by atoms with E-state index in [9.17, 15) is 21.6 Å². The Morgan fingerprint density at radius 1 is 1.19 bits per heavy atom. The van der Waals surface area contributed by atoms with Crippen LogP contribution in [0.4, 0.5) is 13.2 Å². The lowest BCUT2D eigenvalue weighted by Gasteiger charge is -2.10. The zero-order valence-corrected chi connectivity index (χ0v) is 11.9. The minimum absolute atomic E-state index is 0.0183. The summed E-state index contributed by atoms with van der Waals surface area (Å²) in [6.07, 6.45) is -5.19. The minimum atomic E-state index is -4.41. The average molecular weight is 327 g/mol. The Bertz CT molecular complexity index is 528. The van der Waals surface area contributed by atoms with Gasteiger partial charge in [-0.25, -0.2) is 13.1 Å². The molecule has 2 N–H and O–H groups in total. The first kappa shape index (κ1) is 17.7. The van der Waals surface area contributed by atoms with Crippen LogP contribution < -0.4 is 9.46 Å². The van der Waals surface area contributed by atoms with E-state index in [0.717, 1.165) is 0 Å². The largest absolute Gasteiger partial charge is 0.494 e. The molecule has 0 aliphatic heterocycles. The van der Waals surface area contributed by atoms with Crippen molar-refractivity contribution in [1.82, 2.24) is 4.72 Å². The standard InChI is InChI=1S/C12H16F3NO4S/c13-12(14,15)6-7-16-21(18,19)11-4-2-10(3-5-11)20-9-1-8-17/h2-5,16-17H,1,6-9H2. The molecule has 0 aromatic heterocycles. The topological polar surface area (TPSA) is 75.6 Å². The number of nitrogens with one attached hydrogen (secondary N) is 1. The van der Waals surface area contributed by atoms with Gasteiger partial charge in [-0.15, -0.1) is 0 Å². The van der Waals surface area contributed by atoms with E-state index in [2.05, 4.69) is 0 Å². The minimum Gasteiger partial charge on any atom is -0.494 e. The van der Waals surface area contributed by atoms with Crippen molar-refractivity contribution in [3.8, 4) is 5.75 Å². The molecule has 9 heteroatoms. The summed E-state index contributed by atoms with van der Waals surface area (Å²) in [4.78, 5) is -0.140. The Morgan fingerprint density at radius 3 is 2.33 bits per heavy atom. The Balaban J connectivity index is 2.59. The van der Waals surface area contributed by atoms with E-state index in [0.29, 0.717) is 12.2 Å². The molecule has 0 aliphatic rings. The summed E-state index contributed by atoms with van der Waals surface area (Å²) in [5.74, 6) is 0.415. The number of sulfonamides is 1. The van der Waals surface area contributed by atoms with E-state index in [1.807, 2.05) is 4.72 Å². The molecule has 1 aromatic carbocycles. The Labute approximate surface area is 120 Å². The molecule has 0 fully saturated rings. The van der Waals surface area contributed by atoms with Crippen molar-refractivity contribution in [2.75, 3.05) is 19.8 Å². The quantitative estimate of drug-likeness (QED) is 0.712. The average Bonchev–Trinajstić information content (AvgIpc) is 2.38. The molecule has 0 bridgehead atoms. The molecule has 0 atom stereocenters. The number of ether oxygens (including phenoxy) is 1. The first-order valence-electron chi connectivity index (χ1n) is 6.15. The molecule has 1 aromatic rings. The molecule has 0 radical (unpaired) electrons. The Kier molecular flexibility index (Phi) is 6.43. The lowest BCUT2D eigenvalue weighted by Crippen LogP contribution is -2.28. The van der Waals surface area contributed by atoms with Gasteiger partial charge in [-0.05, 0) is 24.3 Å². The van der Waals surface area contributed by atoms with Crippen molar-refractivity contribution in [2.24, 2.45) is 0 Å². The van der Waals surface area contributed by atoms with Gasteiger partial charge in [0.05, 0.1) is 17.9 Å². The maximum Gasteiger partial charge on any atom is 0.390 e. The van der Waals surface area contributed by atoms with Gasteiger partial charge in [0.1, 0.15) is 5.75 Å². The summed E-state index contributed by atoms with van der Waals surface area (Å²) < 4.78 is 66.5. The van der Waals surface area contributed by atoms with Gasteiger partial charge in [0.25, 0.3) is 0 Å². The summed E-state index contributed by atoms with van der Waals surface area (Å²) in [6, 6.07) is 5.28. The number of benzene rings is 1. The lowest BCUT2D eigenvalue weighted by atomic mass is 10.3. The van der Waals surface area contributed by atoms with E-state index in [1.54, 1.807) is 0 Å². The molecule has 0 amide bonds. The van der Waals surface area contributed by atoms with Crippen LogP contribution in [0, 0.1) is 0 Å². The molecule has 0 saturated carbocycles. The smallest absolute Gasteiger partial charge is 0.390 e. The van der Waals surface area contributed by atoms with Gasteiger partial charge in [0, 0.05) is 19.6 Å². The van der Waals surface area contributed by atoms with Crippen molar-refractivity contribution in [3.05, 3.63) is 24.3 Å². The number of halogens is 3. The second-order valence-corrected chi connectivity index (χ2v) is 5.93. The third-order valence-corrected chi connectivity index (χ3v) is 3.88. The van der Waals surface area contributed by atoms with E-state index < -0.39 is 29.2 Å². The molecule has 1 rings (SSSR count). The maximum atomic E-state index is 12.0. The number of aliphatic hydroxyl groups is 1. The van der Waals surface area contributed by atoms with Crippen LogP contribution in [0.1, 0.15) is 12.8 Å². The van der Waals surface area contributed by atoms with Gasteiger partial charge in [-0.3, -0.25) is 0 Å². The van der Waals surface area contributed by atoms with Crippen LogP contribution >= 0.6 is 0 Å². The highest BCUT2D eigenvalue weighted by atomic mass is 32.2. The van der Waals surface area contributed by atoms with E-state index in [1.165, 1.54) is 24.3 Å². The first-order valence-corrected chi connectivity index (χ1v) is 7.63. The summed E-state index contributed by atoms with van der Waals surface area (Å²) in [7, 11) is -3.97. The van der Waals surface area contributed by atoms with E-state index >= 15 is 0 Å². The molecule has 0 aliphatic carbocycles. The summed E-state index contributed by atoms with van der Waals surface area (Å²) >= 11 is 0. The lowest BCUT2D eigenvalue weighted by molar-refractivity contribution is -0.132. The summed E-state index contributed by atoms with van der Waals surface area (Å²) in [6.45, 7) is -0.442. The maximum absolute atomic E-state index is 12.0. The highest BCUT2D eigenvalue weighted by Gasteiger charge is 2.27. The van der Waals surface area contributed by atoms with Crippen molar-refractivity contribution in [3.63, 3.8) is 0 Å². The van der Waals surface area contributed by atoms with Gasteiger partial charge in [-0.2, -0.15) is 13.2 Å². The number of alkyl halides is 3. The van der Waals surface area contributed by atoms with Gasteiger partial charge >= 0.3 is 6.18 Å². The third kappa shape index (κ3) is 6.78. The second kappa shape index (κ2) is 7.62. The van der Waals surface area contributed by atoms with Crippen LogP contribution in [0.2, 0.25) is 0 Å². The second-order valence-electron chi connectivity index (χ2n) is 4.16. The van der Waals surface area contributed by atoms with Gasteiger partial charge in [0.15, 0.2) is 0 Å². The van der Waals surface area contributed by atoms with Gasteiger partial charge < -0.3 is 9.84 Å². The van der Waals surface area contributed by atoms with E-state index in [-0.39, 0.29) is 18.1 Å². The number of aliphatic hydroxyl groups excluding tert-OH is 1. The van der Waals surface area contributed by atoms with Crippen molar-refractivity contribution in [2.45, 2.75) is 23.9 Å². The van der Waals surface area contributed by atoms with Gasteiger partial charge in [-0.1, -0.05) is 0 Å². The molecule has 0 heterocycles. The fraction of sp³-hybridized carbons (Fsp3) is 0.500.